The second-order valence-corrected chi connectivity index (χ2v) is 16.4. The van der Waals surface area contributed by atoms with Gasteiger partial charge in [0.25, 0.3) is 0 Å². The number of carbonyl (C=O) groups is 4. The molecule has 4 rings (SSSR count). The lowest BCUT2D eigenvalue weighted by Crippen LogP contribution is -2.29. The SMILES string of the molecule is O=C1C(Cl)=C(NCCCCCCCCCCSSCCCCCCCCCCNC2=C(Cl)C(=O)c3ccccc3C2=O)C(=O)c2ccccc21. The van der Waals surface area contributed by atoms with Gasteiger partial charge >= 0.3 is 0 Å². The Kier molecular flexibility index (Phi) is 18.1. The van der Waals surface area contributed by atoms with Crippen LogP contribution in [0.5, 0.6) is 0 Å². The highest BCUT2D eigenvalue weighted by molar-refractivity contribution is 8.76. The molecule has 0 radical (unpaired) electrons. The second kappa shape index (κ2) is 22.4. The Balaban J connectivity index is 0.865. The molecule has 2 aromatic rings. The van der Waals surface area contributed by atoms with Crippen LogP contribution < -0.4 is 10.6 Å². The summed E-state index contributed by atoms with van der Waals surface area (Å²) in [5.41, 5.74) is 2.09. The predicted octanol–water partition coefficient (Wildman–Crippen LogP) is 10.8. The molecular weight excluding hydrogens is 707 g/mol. The van der Waals surface area contributed by atoms with Crippen LogP contribution in [0.25, 0.3) is 0 Å². The summed E-state index contributed by atoms with van der Waals surface area (Å²) in [6.07, 6.45) is 19.2. The molecule has 0 fully saturated rings. The lowest BCUT2D eigenvalue weighted by atomic mass is 9.92. The number of ketones is 4. The molecule has 0 unspecified atom stereocenters. The highest BCUT2D eigenvalue weighted by atomic mass is 35.5. The molecule has 2 aliphatic carbocycles. The minimum absolute atomic E-state index is 0.0000678. The molecule has 50 heavy (non-hydrogen) atoms. The van der Waals surface area contributed by atoms with Crippen molar-refractivity contribution in [3.05, 3.63) is 92.2 Å². The van der Waals surface area contributed by atoms with Crippen molar-refractivity contribution in [1.82, 2.24) is 10.6 Å². The maximum absolute atomic E-state index is 12.7. The van der Waals surface area contributed by atoms with Crippen molar-refractivity contribution in [2.45, 2.75) is 103 Å². The van der Waals surface area contributed by atoms with Gasteiger partial charge < -0.3 is 10.6 Å². The normalized spacial score (nSPS) is 14.4. The minimum Gasteiger partial charge on any atom is -0.381 e. The first-order valence-electron chi connectivity index (χ1n) is 18.3. The number of benzene rings is 2. The van der Waals surface area contributed by atoms with E-state index in [9.17, 15) is 19.2 Å². The predicted molar refractivity (Wildman–Crippen MR) is 211 cm³/mol. The van der Waals surface area contributed by atoms with E-state index in [1.54, 1.807) is 48.5 Å². The fraction of sp³-hybridized carbons (Fsp3) is 0.500. The largest absolute Gasteiger partial charge is 0.381 e. The number of allylic oxidation sites excluding steroid dienone is 4. The van der Waals surface area contributed by atoms with E-state index in [-0.39, 0.29) is 44.6 Å². The van der Waals surface area contributed by atoms with E-state index < -0.39 is 0 Å². The van der Waals surface area contributed by atoms with Gasteiger partial charge in [-0.2, -0.15) is 0 Å². The van der Waals surface area contributed by atoms with Crippen LogP contribution in [0.3, 0.4) is 0 Å². The molecule has 10 heteroatoms. The molecule has 2 N–H and O–H groups in total. The van der Waals surface area contributed by atoms with E-state index >= 15 is 0 Å². The Morgan fingerprint density at radius 1 is 0.400 bits per heavy atom. The van der Waals surface area contributed by atoms with Crippen molar-refractivity contribution in [1.29, 1.82) is 0 Å². The molecule has 0 saturated carbocycles. The first-order chi connectivity index (χ1) is 24.4. The number of hydrogen-bond donors (Lipinski definition) is 2. The van der Waals surface area contributed by atoms with Crippen LogP contribution in [0.2, 0.25) is 0 Å². The molecule has 0 aromatic heterocycles. The highest BCUT2D eigenvalue weighted by Gasteiger charge is 2.32. The average molecular weight is 758 g/mol. The molecule has 2 aromatic carbocycles. The summed E-state index contributed by atoms with van der Waals surface area (Å²) in [7, 11) is 4.04. The Morgan fingerprint density at radius 3 is 1.02 bits per heavy atom. The minimum atomic E-state index is -0.285. The van der Waals surface area contributed by atoms with E-state index in [0.717, 1.165) is 25.7 Å². The van der Waals surface area contributed by atoms with Crippen molar-refractivity contribution in [2.75, 3.05) is 24.6 Å². The third kappa shape index (κ3) is 12.0. The zero-order valence-corrected chi connectivity index (χ0v) is 32.1. The van der Waals surface area contributed by atoms with Crippen LogP contribution in [0, 0.1) is 0 Å². The van der Waals surface area contributed by atoms with Gasteiger partial charge in [0.1, 0.15) is 21.5 Å². The fourth-order valence-electron chi connectivity index (χ4n) is 6.24. The lowest BCUT2D eigenvalue weighted by molar-refractivity contribution is 0.0974. The monoisotopic (exact) mass is 756 g/mol. The average Bonchev–Trinajstić information content (AvgIpc) is 3.13. The third-order valence-electron chi connectivity index (χ3n) is 9.12. The van der Waals surface area contributed by atoms with Gasteiger partial charge in [-0.1, -0.05) is 170 Å². The van der Waals surface area contributed by atoms with Gasteiger partial charge in [0, 0.05) is 46.8 Å². The van der Waals surface area contributed by atoms with Gasteiger partial charge in [0.05, 0.1) is 0 Å². The van der Waals surface area contributed by atoms with Crippen molar-refractivity contribution in [3.8, 4) is 0 Å². The number of carbonyl (C=O) groups excluding carboxylic acids is 4. The maximum Gasteiger partial charge on any atom is 0.211 e. The van der Waals surface area contributed by atoms with Crippen molar-refractivity contribution < 1.29 is 19.2 Å². The van der Waals surface area contributed by atoms with Crippen molar-refractivity contribution in [3.63, 3.8) is 0 Å². The molecule has 0 heterocycles. The molecular formula is C40H50Cl2N2O4S2. The topological polar surface area (TPSA) is 92.3 Å². The van der Waals surface area contributed by atoms with Gasteiger partial charge in [-0.05, 0) is 25.7 Å². The summed E-state index contributed by atoms with van der Waals surface area (Å²) >= 11 is 12.4. The van der Waals surface area contributed by atoms with Gasteiger partial charge in [0.15, 0.2) is 0 Å². The van der Waals surface area contributed by atoms with Crippen LogP contribution in [-0.4, -0.2) is 47.7 Å². The Labute approximate surface area is 315 Å². The van der Waals surface area contributed by atoms with E-state index in [0.29, 0.717) is 35.3 Å². The molecule has 0 amide bonds. The van der Waals surface area contributed by atoms with E-state index in [1.807, 2.05) is 21.6 Å². The van der Waals surface area contributed by atoms with Crippen LogP contribution in [0.4, 0.5) is 0 Å². The number of halogens is 2. The summed E-state index contributed by atoms with van der Waals surface area (Å²) in [6, 6.07) is 13.7. The molecule has 270 valence electrons. The smallest absolute Gasteiger partial charge is 0.211 e. The van der Waals surface area contributed by atoms with Crippen LogP contribution in [0.1, 0.15) is 144 Å². The van der Waals surface area contributed by atoms with Crippen LogP contribution in [-0.2, 0) is 0 Å². The van der Waals surface area contributed by atoms with E-state index in [4.69, 9.17) is 23.2 Å². The third-order valence-corrected chi connectivity index (χ3v) is 12.4. The molecule has 2 aliphatic rings. The number of fused-ring (bicyclic) bond motifs is 2. The fourth-order valence-corrected chi connectivity index (χ4v) is 9.05. The number of hydrogen-bond acceptors (Lipinski definition) is 8. The van der Waals surface area contributed by atoms with Gasteiger partial charge in [-0.25, -0.2) is 0 Å². The van der Waals surface area contributed by atoms with E-state index in [2.05, 4.69) is 10.6 Å². The zero-order chi connectivity index (χ0) is 35.6. The highest BCUT2D eigenvalue weighted by Crippen LogP contribution is 2.29. The molecule has 0 saturated heterocycles. The second-order valence-electron chi connectivity index (χ2n) is 12.9. The number of nitrogens with one attached hydrogen (secondary N) is 2. The quantitative estimate of drug-likeness (QED) is 0.0764. The number of Topliss-reactive ketones (excluding diaryl/α,β-unsaturated/α-hetero) is 4. The summed E-state index contributed by atoms with van der Waals surface area (Å²) < 4.78 is 0. The van der Waals surface area contributed by atoms with E-state index in [1.165, 1.54) is 88.6 Å². The first kappa shape index (κ1) is 40.3. The number of unbranched alkanes of at least 4 members (excludes halogenated alkanes) is 14. The Morgan fingerprint density at radius 2 is 0.680 bits per heavy atom. The maximum atomic E-state index is 12.7. The lowest BCUT2D eigenvalue weighted by Gasteiger charge is -2.18. The molecule has 0 spiro atoms. The summed E-state index contributed by atoms with van der Waals surface area (Å²) in [6.45, 7) is 1.29. The summed E-state index contributed by atoms with van der Waals surface area (Å²) in [5.74, 6) is 1.50. The standard InChI is InChI=1S/C40H50Cl2N2O4S2/c41-33-35(39(47)31-23-15-13-21-29(31)37(33)45)43-25-17-9-5-1-3-7-11-19-27-49-50-28-20-12-8-4-2-6-10-18-26-44-36-34(42)38(46)30-22-14-16-24-32(30)40(36)48/h13-16,21-24,43-44H,1-12,17-20,25-28H2. The van der Waals surface area contributed by atoms with Gasteiger partial charge in [-0.3, -0.25) is 19.2 Å². The molecule has 0 atom stereocenters. The van der Waals surface area contributed by atoms with Gasteiger partial charge in [0.2, 0.25) is 23.1 Å². The van der Waals surface area contributed by atoms with Crippen molar-refractivity contribution in [2.24, 2.45) is 0 Å². The summed E-state index contributed by atoms with van der Waals surface area (Å²) in [4.78, 5) is 50.4. The molecule has 0 aliphatic heterocycles. The molecule has 6 nitrogen and oxygen atoms in total. The van der Waals surface area contributed by atoms with Gasteiger partial charge in [-0.15, -0.1) is 0 Å². The van der Waals surface area contributed by atoms with Crippen molar-refractivity contribution >= 4 is 67.9 Å². The zero-order valence-electron chi connectivity index (χ0n) is 29.0. The summed E-state index contributed by atoms with van der Waals surface area (Å²) in [5, 5.41) is 6.24. The Bertz CT molecular complexity index is 1430. The van der Waals surface area contributed by atoms with Crippen LogP contribution >= 0.6 is 44.8 Å². The van der Waals surface area contributed by atoms with Crippen LogP contribution in [0.15, 0.2) is 70.0 Å². The molecule has 0 bridgehead atoms. The number of rotatable bonds is 25. The first-order valence-corrected chi connectivity index (χ1v) is 21.5. The Hall–Kier alpha value is -2.52.